The van der Waals surface area contributed by atoms with Crippen LogP contribution in [0.3, 0.4) is 0 Å². The molecule has 15 heavy (non-hydrogen) atoms. The van der Waals surface area contributed by atoms with Gasteiger partial charge in [-0.2, -0.15) is 0 Å². The maximum Gasteiger partial charge on any atom is 0.0938 e. The quantitative estimate of drug-likeness (QED) is 0.719. The maximum atomic E-state index is 9.51. The van der Waals surface area contributed by atoms with Crippen molar-refractivity contribution in [1.82, 2.24) is 4.90 Å². The molecule has 3 heteroatoms. The van der Waals surface area contributed by atoms with Crippen molar-refractivity contribution in [2.45, 2.75) is 57.3 Å². The van der Waals surface area contributed by atoms with Crippen LogP contribution in [-0.2, 0) is 0 Å². The van der Waals surface area contributed by atoms with Crippen LogP contribution in [0.25, 0.3) is 0 Å². The fourth-order valence-electron chi connectivity index (χ4n) is 3.01. The van der Waals surface area contributed by atoms with Gasteiger partial charge in [-0.25, -0.2) is 0 Å². The topological polar surface area (TPSA) is 43.7 Å². The summed E-state index contributed by atoms with van der Waals surface area (Å²) in [6.45, 7) is 3.61. The second-order valence-electron chi connectivity index (χ2n) is 5.17. The van der Waals surface area contributed by atoms with E-state index in [4.69, 9.17) is 0 Å². The zero-order chi connectivity index (χ0) is 10.8. The van der Waals surface area contributed by atoms with Crippen LogP contribution in [0.1, 0.15) is 39.0 Å². The van der Waals surface area contributed by atoms with E-state index in [9.17, 15) is 10.2 Å². The highest BCUT2D eigenvalue weighted by Gasteiger charge is 2.35. The molecule has 0 aromatic heterocycles. The van der Waals surface area contributed by atoms with Crippen LogP contribution >= 0.6 is 0 Å². The van der Waals surface area contributed by atoms with E-state index in [1.165, 1.54) is 32.1 Å². The molecule has 1 heterocycles. The Kier molecular flexibility index (Phi) is 3.65. The number of likely N-dealkylation sites (tertiary alicyclic amines) is 1. The molecule has 1 saturated heterocycles. The monoisotopic (exact) mass is 213 g/mol. The molecular weight excluding hydrogens is 190 g/mol. The summed E-state index contributed by atoms with van der Waals surface area (Å²) in [5.41, 5.74) is 0. The van der Waals surface area contributed by atoms with Crippen LogP contribution in [0.2, 0.25) is 0 Å². The van der Waals surface area contributed by atoms with Crippen molar-refractivity contribution in [2.75, 3.05) is 13.1 Å². The molecule has 0 aromatic rings. The van der Waals surface area contributed by atoms with Gasteiger partial charge in [-0.05, 0) is 31.6 Å². The van der Waals surface area contributed by atoms with Crippen molar-refractivity contribution in [1.29, 1.82) is 0 Å². The lowest BCUT2D eigenvalue weighted by Gasteiger charge is -2.34. The van der Waals surface area contributed by atoms with Gasteiger partial charge in [0.25, 0.3) is 0 Å². The third kappa shape index (κ3) is 2.52. The Hall–Kier alpha value is -0.120. The van der Waals surface area contributed by atoms with Crippen molar-refractivity contribution in [3.05, 3.63) is 0 Å². The first-order valence-electron chi connectivity index (χ1n) is 6.31. The Morgan fingerprint density at radius 1 is 1.00 bits per heavy atom. The van der Waals surface area contributed by atoms with E-state index in [2.05, 4.69) is 11.8 Å². The van der Waals surface area contributed by atoms with Crippen LogP contribution in [-0.4, -0.2) is 46.5 Å². The molecule has 1 saturated carbocycles. The van der Waals surface area contributed by atoms with Crippen LogP contribution in [0.5, 0.6) is 0 Å². The largest absolute Gasteiger partial charge is 0.389 e. The van der Waals surface area contributed by atoms with Crippen LogP contribution < -0.4 is 0 Å². The molecule has 2 N–H and O–H groups in total. The summed E-state index contributed by atoms with van der Waals surface area (Å²) in [5.74, 6) is 0.915. The van der Waals surface area contributed by atoms with E-state index in [0.717, 1.165) is 5.92 Å². The third-order valence-electron chi connectivity index (χ3n) is 4.20. The number of hydrogen-bond acceptors (Lipinski definition) is 3. The lowest BCUT2D eigenvalue weighted by atomic mass is 9.84. The number of β-amino-alcohol motifs (C(OH)–C–C–N with tert-alkyl or cyclic N) is 2. The summed E-state index contributed by atoms with van der Waals surface area (Å²) in [7, 11) is 0. The van der Waals surface area contributed by atoms with Gasteiger partial charge in [0.05, 0.1) is 12.2 Å². The Morgan fingerprint density at radius 3 is 2.00 bits per heavy atom. The Balaban J connectivity index is 1.81. The van der Waals surface area contributed by atoms with Crippen molar-refractivity contribution < 1.29 is 10.2 Å². The molecule has 0 amide bonds. The summed E-state index contributed by atoms with van der Waals surface area (Å²) in [6.07, 6.45) is 5.41. The SMILES string of the molecule is CCC1CCC(N2C[C@@H](O)[C@@H](O)C2)CC1. The zero-order valence-corrected chi connectivity index (χ0v) is 9.60. The minimum atomic E-state index is -0.520. The minimum absolute atomic E-state index is 0.520. The molecule has 1 aliphatic heterocycles. The molecule has 2 atom stereocenters. The van der Waals surface area contributed by atoms with Crippen molar-refractivity contribution in [3.8, 4) is 0 Å². The first-order chi connectivity index (χ1) is 7.20. The third-order valence-corrected chi connectivity index (χ3v) is 4.20. The first kappa shape index (κ1) is 11.4. The fourth-order valence-corrected chi connectivity index (χ4v) is 3.01. The normalized spacial score (nSPS) is 43.4. The Bertz CT molecular complexity index is 192. The number of aliphatic hydroxyl groups is 2. The summed E-state index contributed by atoms with van der Waals surface area (Å²) in [6, 6.07) is 0.611. The molecule has 2 fully saturated rings. The van der Waals surface area contributed by atoms with Gasteiger partial charge in [0.15, 0.2) is 0 Å². The first-order valence-corrected chi connectivity index (χ1v) is 6.31. The second-order valence-corrected chi connectivity index (χ2v) is 5.17. The number of nitrogens with zero attached hydrogens (tertiary/aromatic N) is 1. The lowest BCUT2D eigenvalue weighted by Crippen LogP contribution is -2.37. The van der Waals surface area contributed by atoms with E-state index in [1.54, 1.807) is 0 Å². The van der Waals surface area contributed by atoms with Crippen LogP contribution in [0.15, 0.2) is 0 Å². The van der Waals surface area contributed by atoms with Gasteiger partial charge in [0.2, 0.25) is 0 Å². The van der Waals surface area contributed by atoms with Gasteiger partial charge >= 0.3 is 0 Å². The number of rotatable bonds is 2. The van der Waals surface area contributed by atoms with E-state index in [1.807, 2.05) is 0 Å². The predicted molar refractivity (Wildman–Crippen MR) is 59.6 cm³/mol. The van der Waals surface area contributed by atoms with Crippen LogP contribution in [0.4, 0.5) is 0 Å². The summed E-state index contributed by atoms with van der Waals surface area (Å²) >= 11 is 0. The molecule has 0 bridgehead atoms. The summed E-state index contributed by atoms with van der Waals surface area (Å²) in [5, 5.41) is 19.0. The van der Waals surface area contributed by atoms with Crippen molar-refractivity contribution >= 4 is 0 Å². The predicted octanol–water partition coefficient (Wildman–Crippen LogP) is 0.993. The molecule has 0 unspecified atom stereocenters. The molecule has 0 aromatic carbocycles. The van der Waals surface area contributed by atoms with Gasteiger partial charge in [0.1, 0.15) is 0 Å². The maximum absolute atomic E-state index is 9.51. The van der Waals surface area contributed by atoms with E-state index in [0.29, 0.717) is 19.1 Å². The molecule has 0 spiro atoms. The van der Waals surface area contributed by atoms with Gasteiger partial charge in [-0.15, -0.1) is 0 Å². The van der Waals surface area contributed by atoms with E-state index in [-0.39, 0.29) is 0 Å². The highest BCUT2D eigenvalue weighted by molar-refractivity contribution is 4.89. The zero-order valence-electron chi connectivity index (χ0n) is 9.60. The van der Waals surface area contributed by atoms with Crippen molar-refractivity contribution in [2.24, 2.45) is 5.92 Å². The average molecular weight is 213 g/mol. The second kappa shape index (κ2) is 4.81. The average Bonchev–Trinajstić information content (AvgIpc) is 2.59. The highest BCUT2D eigenvalue weighted by atomic mass is 16.3. The molecule has 88 valence electrons. The molecular formula is C12H23NO2. The van der Waals surface area contributed by atoms with Gasteiger partial charge in [0, 0.05) is 19.1 Å². The molecule has 2 aliphatic rings. The molecule has 3 nitrogen and oxygen atoms in total. The van der Waals surface area contributed by atoms with Gasteiger partial charge in [-0.3, -0.25) is 4.90 Å². The fraction of sp³-hybridized carbons (Fsp3) is 1.00. The standard InChI is InChI=1S/C12H23NO2/c1-2-9-3-5-10(6-4-9)13-7-11(14)12(15)8-13/h9-12,14-15H,2-8H2,1H3/t9?,10?,11-,12+. The lowest BCUT2D eigenvalue weighted by molar-refractivity contribution is 0.0572. The minimum Gasteiger partial charge on any atom is -0.389 e. The van der Waals surface area contributed by atoms with Crippen LogP contribution in [0, 0.1) is 5.92 Å². The molecule has 0 radical (unpaired) electrons. The molecule has 1 aliphatic carbocycles. The Morgan fingerprint density at radius 2 is 1.53 bits per heavy atom. The van der Waals surface area contributed by atoms with Gasteiger partial charge in [-0.1, -0.05) is 13.3 Å². The van der Waals surface area contributed by atoms with E-state index < -0.39 is 12.2 Å². The van der Waals surface area contributed by atoms with Crippen molar-refractivity contribution in [3.63, 3.8) is 0 Å². The van der Waals surface area contributed by atoms with E-state index >= 15 is 0 Å². The summed E-state index contributed by atoms with van der Waals surface area (Å²) < 4.78 is 0. The summed E-state index contributed by atoms with van der Waals surface area (Å²) in [4.78, 5) is 2.28. The van der Waals surface area contributed by atoms with Gasteiger partial charge < -0.3 is 10.2 Å². The number of aliphatic hydroxyl groups excluding tert-OH is 2. The molecule has 2 rings (SSSR count). The highest BCUT2D eigenvalue weighted by Crippen LogP contribution is 2.31. The smallest absolute Gasteiger partial charge is 0.0938 e. The number of hydrogen-bond donors (Lipinski definition) is 2. The Labute approximate surface area is 92.1 Å².